The second-order valence-corrected chi connectivity index (χ2v) is 7.49. The van der Waals surface area contributed by atoms with E-state index in [0.29, 0.717) is 17.9 Å². The highest BCUT2D eigenvalue weighted by Crippen LogP contribution is 2.39. The first-order valence-electron chi connectivity index (χ1n) is 7.32. The SMILES string of the molecule is CC1(C)CCC(C(CN)NC(=O)OC(C)(C)C)CC1. The van der Waals surface area contributed by atoms with Crippen LogP contribution in [0.15, 0.2) is 0 Å². The molecule has 0 heterocycles. The summed E-state index contributed by atoms with van der Waals surface area (Å²) in [4.78, 5) is 11.8. The van der Waals surface area contributed by atoms with Crippen molar-refractivity contribution in [2.75, 3.05) is 6.54 Å². The van der Waals surface area contributed by atoms with Gasteiger partial charge in [0.2, 0.25) is 0 Å². The summed E-state index contributed by atoms with van der Waals surface area (Å²) in [6, 6.07) is 0.0333. The van der Waals surface area contributed by atoms with Crippen molar-refractivity contribution >= 4 is 6.09 Å². The van der Waals surface area contributed by atoms with Crippen molar-refractivity contribution in [1.82, 2.24) is 5.32 Å². The molecule has 1 rings (SSSR count). The smallest absolute Gasteiger partial charge is 0.407 e. The van der Waals surface area contributed by atoms with Gasteiger partial charge in [-0.25, -0.2) is 4.79 Å². The Balaban J connectivity index is 2.48. The molecule has 3 N–H and O–H groups in total. The fraction of sp³-hybridized carbons (Fsp3) is 0.933. The van der Waals surface area contributed by atoms with Crippen molar-refractivity contribution in [2.24, 2.45) is 17.1 Å². The molecule has 1 unspecified atom stereocenters. The Morgan fingerprint density at radius 1 is 1.37 bits per heavy atom. The molecule has 0 aromatic rings. The number of alkyl carbamates (subject to hydrolysis) is 1. The third kappa shape index (κ3) is 5.81. The van der Waals surface area contributed by atoms with Gasteiger partial charge in [-0.3, -0.25) is 0 Å². The molecule has 4 heteroatoms. The number of nitrogens with two attached hydrogens (primary N) is 1. The molecule has 19 heavy (non-hydrogen) atoms. The minimum absolute atomic E-state index is 0.0333. The summed E-state index contributed by atoms with van der Waals surface area (Å²) in [5, 5.41) is 2.93. The number of carbonyl (C=O) groups is 1. The van der Waals surface area contributed by atoms with Gasteiger partial charge in [-0.2, -0.15) is 0 Å². The molecule has 1 aliphatic rings. The van der Waals surface area contributed by atoms with Crippen LogP contribution in [0.5, 0.6) is 0 Å². The largest absolute Gasteiger partial charge is 0.444 e. The van der Waals surface area contributed by atoms with Crippen molar-refractivity contribution in [3.63, 3.8) is 0 Å². The molecule has 1 atom stereocenters. The van der Waals surface area contributed by atoms with Crippen LogP contribution >= 0.6 is 0 Å². The average molecular weight is 270 g/mol. The zero-order chi connectivity index (χ0) is 14.7. The number of amides is 1. The Bertz CT molecular complexity index is 298. The lowest BCUT2D eigenvalue weighted by molar-refractivity contribution is 0.0468. The predicted molar refractivity (Wildman–Crippen MR) is 78.0 cm³/mol. The molecule has 0 bridgehead atoms. The van der Waals surface area contributed by atoms with E-state index in [1.807, 2.05) is 20.8 Å². The summed E-state index contributed by atoms with van der Waals surface area (Å²) in [6.07, 6.45) is 4.30. The van der Waals surface area contributed by atoms with Gasteiger partial charge in [-0.1, -0.05) is 13.8 Å². The topological polar surface area (TPSA) is 64.3 Å². The van der Waals surface area contributed by atoms with Crippen LogP contribution in [-0.2, 0) is 4.74 Å². The predicted octanol–water partition coefficient (Wildman–Crippen LogP) is 3.05. The monoisotopic (exact) mass is 270 g/mol. The van der Waals surface area contributed by atoms with E-state index in [4.69, 9.17) is 10.5 Å². The molecule has 1 aliphatic carbocycles. The molecule has 0 aromatic heterocycles. The number of hydrogen-bond donors (Lipinski definition) is 2. The first-order chi connectivity index (χ1) is 8.63. The van der Waals surface area contributed by atoms with Gasteiger partial charge < -0.3 is 15.8 Å². The molecule has 1 amide bonds. The summed E-state index contributed by atoms with van der Waals surface area (Å²) in [5.41, 5.74) is 5.78. The highest BCUT2D eigenvalue weighted by Gasteiger charge is 2.32. The molecule has 0 radical (unpaired) electrons. The van der Waals surface area contributed by atoms with Gasteiger partial charge in [0.1, 0.15) is 5.60 Å². The molecular weight excluding hydrogens is 240 g/mol. The number of nitrogens with one attached hydrogen (secondary N) is 1. The minimum atomic E-state index is -0.461. The Hall–Kier alpha value is -0.770. The highest BCUT2D eigenvalue weighted by atomic mass is 16.6. The Labute approximate surface area is 117 Å². The zero-order valence-electron chi connectivity index (χ0n) is 13.1. The van der Waals surface area contributed by atoms with Crippen LogP contribution in [-0.4, -0.2) is 24.3 Å². The van der Waals surface area contributed by atoms with Crippen LogP contribution in [0.4, 0.5) is 4.79 Å². The van der Waals surface area contributed by atoms with Gasteiger partial charge in [0.25, 0.3) is 0 Å². The Kier molecular flexibility index (Phi) is 5.25. The van der Waals surface area contributed by atoms with Crippen molar-refractivity contribution in [3.05, 3.63) is 0 Å². The van der Waals surface area contributed by atoms with Crippen LogP contribution < -0.4 is 11.1 Å². The minimum Gasteiger partial charge on any atom is -0.444 e. The van der Waals surface area contributed by atoms with E-state index < -0.39 is 5.60 Å². The van der Waals surface area contributed by atoms with Gasteiger partial charge in [-0.05, 0) is 57.8 Å². The van der Waals surface area contributed by atoms with E-state index in [1.54, 1.807) is 0 Å². The fourth-order valence-electron chi connectivity index (χ4n) is 2.65. The van der Waals surface area contributed by atoms with Crippen molar-refractivity contribution in [3.8, 4) is 0 Å². The highest BCUT2D eigenvalue weighted by molar-refractivity contribution is 5.68. The summed E-state index contributed by atoms with van der Waals surface area (Å²) in [6.45, 7) is 10.7. The standard InChI is InChI=1S/C15H30N2O2/c1-14(2,3)19-13(18)17-12(10-16)11-6-8-15(4,5)9-7-11/h11-12H,6-10,16H2,1-5H3,(H,17,18). The second-order valence-electron chi connectivity index (χ2n) is 7.49. The maximum Gasteiger partial charge on any atom is 0.407 e. The second kappa shape index (κ2) is 6.12. The molecule has 4 nitrogen and oxygen atoms in total. The molecular formula is C15H30N2O2. The van der Waals surface area contributed by atoms with E-state index >= 15 is 0 Å². The van der Waals surface area contributed by atoms with Crippen molar-refractivity contribution < 1.29 is 9.53 Å². The summed E-state index contributed by atoms with van der Waals surface area (Å²) >= 11 is 0. The third-order valence-corrected chi connectivity index (χ3v) is 3.91. The van der Waals surface area contributed by atoms with E-state index in [1.165, 1.54) is 12.8 Å². The summed E-state index contributed by atoms with van der Waals surface area (Å²) in [5.74, 6) is 0.477. The zero-order valence-corrected chi connectivity index (χ0v) is 13.1. The lowest BCUT2D eigenvalue weighted by Crippen LogP contribution is -2.48. The molecule has 0 spiro atoms. The molecule has 1 saturated carbocycles. The number of hydrogen-bond acceptors (Lipinski definition) is 3. The van der Waals surface area contributed by atoms with Crippen LogP contribution in [0.1, 0.15) is 60.3 Å². The van der Waals surface area contributed by atoms with Gasteiger partial charge >= 0.3 is 6.09 Å². The van der Waals surface area contributed by atoms with E-state index in [2.05, 4.69) is 19.2 Å². The van der Waals surface area contributed by atoms with Crippen LogP contribution in [0, 0.1) is 11.3 Å². The number of ether oxygens (including phenoxy) is 1. The lowest BCUT2D eigenvalue weighted by Gasteiger charge is -2.38. The van der Waals surface area contributed by atoms with Gasteiger partial charge in [-0.15, -0.1) is 0 Å². The van der Waals surface area contributed by atoms with E-state index in [0.717, 1.165) is 12.8 Å². The van der Waals surface area contributed by atoms with Gasteiger partial charge in [0.05, 0.1) is 0 Å². The molecule has 0 aromatic carbocycles. The first-order valence-corrected chi connectivity index (χ1v) is 7.32. The van der Waals surface area contributed by atoms with E-state index in [9.17, 15) is 4.79 Å². The maximum absolute atomic E-state index is 11.8. The first kappa shape index (κ1) is 16.3. The lowest BCUT2D eigenvalue weighted by atomic mass is 9.71. The van der Waals surface area contributed by atoms with E-state index in [-0.39, 0.29) is 12.1 Å². The van der Waals surface area contributed by atoms with Crippen molar-refractivity contribution in [2.45, 2.75) is 71.9 Å². The summed E-state index contributed by atoms with van der Waals surface area (Å²) in [7, 11) is 0. The third-order valence-electron chi connectivity index (χ3n) is 3.91. The van der Waals surface area contributed by atoms with Crippen LogP contribution in [0.25, 0.3) is 0 Å². The molecule has 0 aliphatic heterocycles. The average Bonchev–Trinajstić information content (AvgIpc) is 2.24. The Morgan fingerprint density at radius 3 is 2.32 bits per heavy atom. The Morgan fingerprint density at radius 2 is 1.89 bits per heavy atom. The molecule has 112 valence electrons. The quantitative estimate of drug-likeness (QED) is 0.828. The van der Waals surface area contributed by atoms with Crippen LogP contribution in [0.3, 0.4) is 0 Å². The molecule has 1 fully saturated rings. The van der Waals surface area contributed by atoms with Crippen LogP contribution in [0.2, 0.25) is 0 Å². The fourth-order valence-corrected chi connectivity index (χ4v) is 2.65. The van der Waals surface area contributed by atoms with Gasteiger partial charge in [0, 0.05) is 12.6 Å². The normalized spacial score (nSPS) is 21.8. The maximum atomic E-state index is 11.8. The van der Waals surface area contributed by atoms with Gasteiger partial charge in [0.15, 0.2) is 0 Å². The summed E-state index contributed by atoms with van der Waals surface area (Å²) < 4.78 is 5.30. The number of rotatable bonds is 3. The molecule has 0 saturated heterocycles. The number of carbonyl (C=O) groups excluding carboxylic acids is 1. The van der Waals surface area contributed by atoms with Crippen molar-refractivity contribution in [1.29, 1.82) is 0 Å².